The monoisotopic (exact) mass is 254 g/mol. The zero-order chi connectivity index (χ0) is 13.2. The van der Waals surface area contributed by atoms with Gasteiger partial charge in [-0.15, -0.1) is 0 Å². The van der Waals surface area contributed by atoms with Crippen molar-refractivity contribution < 1.29 is 0 Å². The van der Waals surface area contributed by atoms with Crippen molar-refractivity contribution in [3.63, 3.8) is 0 Å². The standard InChI is InChI=1S/C13H14N6/c1-8-3-4-11-10(5-8)13(15-6-14-11)18-9(2)12-16-7-17-19-12/h3-7,9H,1-2H3,(H,14,15,18)(H,16,17,19). The van der Waals surface area contributed by atoms with Crippen LogP contribution in [-0.4, -0.2) is 25.1 Å². The van der Waals surface area contributed by atoms with Crippen molar-refractivity contribution in [1.29, 1.82) is 0 Å². The Labute approximate surface area is 110 Å². The van der Waals surface area contributed by atoms with E-state index in [1.54, 1.807) is 6.33 Å². The van der Waals surface area contributed by atoms with Crippen molar-refractivity contribution in [2.45, 2.75) is 19.9 Å². The van der Waals surface area contributed by atoms with E-state index in [9.17, 15) is 0 Å². The second kappa shape index (κ2) is 4.64. The van der Waals surface area contributed by atoms with Crippen LogP contribution < -0.4 is 5.32 Å². The van der Waals surface area contributed by atoms with Crippen LogP contribution in [0, 0.1) is 6.92 Å². The van der Waals surface area contributed by atoms with Crippen molar-refractivity contribution in [3.05, 3.63) is 42.2 Å². The number of hydrogen-bond acceptors (Lipinski definition) is 5. The molecule has 1 aromatic carbocycles. The Morgan fingerprint density at radius 2 is 2.05 bits per heavy atom. The van der Waals surface area contributed by atoms with Gasteiger partial charge in [-0.3, -0.25) is 5.10 Å². The van der Waals surface area contributed by atoms with Gasteiger partial charge in [-0.05, 0) is 26.0 Å². The first-order chi connectivity index (χ1) is 9.24. The Kier molecular flexibility index (Phi) is 2.83. The van der Waals surface area contributed by atoms with Gasteiger partial charge in [-0.2, -0.15) is 5.10 Å². The number of H-pyrrole nitrogens is 1. The summed E-state index contributed by atoms with van der Waals surface area (Å²) in [5, 5.41) is 11.0. The van der Waals surface area contributed by atoms with Crippen molar-refractivity contribution in [1.82, 2.24) is 25.1 Å². The molecule has 6 heteroatoms. The molecule has 1 unspecified atom stereocenters. The average molecular weight is 254 g/mol. The van der Waals surface area contributed by atoms with Crippen LogP contribution in [0.5, 0.6) is 0 Å². The van der Waals surface area contributed by atoms with E-state index in [2.05, 4.69) is 43.5 Å². The highest BCUT2D eigenvalue weighted by Gasteiger charge is 2.11. The van der Waals surface area contributed by atoms with Crippen LogP contribution in [0.25, 0.3) is 10.9 Å². The van der Waals surface area contributed by atoms with Crippen LogP contribution in [-0.2, 0) is 0 Å². The molecule has 0 aliphatic heterocycles. The predicted molar refractivity (Wildman–Crippen MR) is 72.7 cm³/mol. The molecule has 2 heterocycles. The van der Waals surface area contributed by atoms with Crippen LogP contribution in [0.3, 0.4) is 0 Å². The third-order valence-electron chi connectivity index (χ3n) is 2.99. The Morgan fingerprint density at radius 3 is 2.84 bits per heavy atom. The first-order valence-electron chi connectivity index (χ1n) is 6.07. The molecule has 2 N–H and O–H groups in total. The molecule has 19 heavy (non-hydrogen) atoms. The number of anilines is 1. The average Bonchev–Trinajstić information content (AvgIpc) is 2.93. The van der Waals surface area contributed by atoms with Gasteiger partial charge in [0, 0.05) is 5.39 Å². The van der Waals surface area contributed by atoms with Crippen LogP contribution in [0.15, 0.2) is 30.9 Å². The molecule has 0 fully saturated rings. The Balaban J connectivity index is 1.98. The maximum atomic E-state index is 4.31. The Bertz CT molecular complexity index is 691. The number of benzene rings is 1. The summed E-state index contributed by atoms with van der Waals surface area (Å²) < 4.78 is 0. The first-order valence-corrected chi connectivity index (χ1v) is 6.07. The van der Waals surface area contributed by atoms with Crippen LogP contribution >= 0.6 is 0 Å². The van der Waals surface area contributed by atoms with Gasteiger partial charge < -0.3 is 5.32 Å². The predicted octanol–water partition coefficient (Wildman–Crippen LogP) is 2.23. The second-order valence-corrected chi connectivity index (χ2v) is 4.48. The first kappa shape index (κ1) is 11.6. The number of aromatic nitrogens is 5. The van der Waals surface area contributed by atoms with E-state index in [1.807, 2.05) is 19.1 Å². The number of hydrogen-bond donors (Lipinski definition) is 2. The van der Waals surface area contributed by atoms with E-state index < -0.39 is 0 Å². The molecule has 0 saturated heterocycles. The maximum Gasteiger partial charge on any atom is 0.146 e. The molecule has 0 amide bonds. The SMILES string of the molecule is Cc1ccc2ncnc(NC(C)c3ncn[nH]3)c2c1. The number of nitrogens with zero attached hydrogens (tertiary/aromatic N) is 4. The molecule has 0 saturated carbocycles. The quantitative estimate of drug-likeness (QED) is 0.749. The summed E-state index contributed by atoms with van der Waals surface area (Å²) in [5.74, 6) is 1.58. The molecular formula is C13H14N6. The largest absolute Gasteiger partial charge is 0.360 e. The minimum Gasteiger partial charge on any atom is -0.360 e. The fourth-order valence-electron chi connectivity index (χ4n) is 1.98. The lowest BCUT2D eigenvalue weighted by molar-refractivity contribution is 0.791. The van der Waals surface area contributed by atoms with Gasteiger partial charge >= 0.3 is 0 Å². The smallest absolute Gasteiger partial charge is 0.146 e. The number of nitrogens with one attached hydrogen (secondary N) is 2. The third-order valence-corrected chi connectivity index (χ3v) is 2.99. The van der Waals surface area contributed by atoms with Gasteiger partial charge in [0.2, 0.25) is 0 Å². The third kappa shape index (κ3) is 2.24. The van der Waals surface area contributed by atoms with Crippen LogP contribution in [0.1, 0.15) is 24.4 Å². The van der Waals surface area contributed by atoms with E-state index in [1.165, 1.54) is 11.9 Å². The van der Waals surface area contributed by atoms with E-state index in [4.69, 9.17) is 0 Å². The van der Waals surface area contributed by atoms with Crippen molar-refractivity contribution >= 4 is 16.7 Å². The normalized spacial score (nSPS) is 12.5. The van der Waals surface area contributed by atoms with E-state index >= 15 is 0 Å². The molecule has 2 aromatic heterocycles. The molecular weight excluding hydrogens is 240 g/mol. The highest BCUT2D eigenvalue weighted by Crippen LogP contribution is 2.23. The fourth-order valence-corrected chi connectivity index (χ4v) is 1.98. The van der Waals surface area contributed by atoms with E-state index in [0.717, 1.165) is 22.5 Å². The molecule has 6 nitrogen and oxygen atoms in total. The number of rotatable bonds is 3. The summed E-state index contributed by atoms with van der Waals surface area (Å²) in [4.78, 5) is 12.7. The molecule has 1 atom stereocenters. The summed E-state index contributed by atoms with van der Waals surface area (Å²) in [6.07, 6.45) is 3.06. The number of aromatic amines is 1. The molecule has 0 aliphatic rings. The van der Waals surface area contributed by atoms with Crippen LogP contribution in [0.2, 0.25) is 0 Å². The zero-order valence-electron chi connectivity index (χ0n) is 10.8. The van der Waals surface area contributed by atoms with Gasteiger partial charge in [-0.25, -0.2) is 15.0 Å². The molecule has 3 aromatic rings. The second-order valence-electron chi connectivity index (χ2n) is 4.48. The summed E-state index contributed by atoms with van der Waals surface area (Å²) in [6, 6.07) is 6.11. The highest BCUT2D eigenvalue weighted by molar-refractivity contribution is 5.89. The van der Waals surface area contributed by atoms with Crippen molar-refractivity contribution in [2.75, 3.05) is 5.32 Å². The molecule has 3 rings (SSSR count). The van der Waals surface area contributed by atoms with Crippen molar-refractivity contribution in [2.24, 2.45) is 0 Å². The zero-order valence-corrected chi connectivity index (χ0v) is 10.8. The van der Waals surface area contributed by atoms with Gasteiger partial charge in [-0.1, -0.05) is 11.6 Å². The lowest BCUT2D eigenvalue weighted by atomic mass is 10.1. The minimum absolute atomic E-state index is 0.00103. The molecule has 0 aliphatic carbocycles. The van der Waals surface area contributed by atoms with E-state index in [-0.39, 0.29) is 6.04 Å². The van der Waals surface area contributed by atoms with Crippen molar-refractivity contribution in [3.8, 4) is 0 Å². The summed E-state index contributed by atoms with van der Waals surface area (Å²) in [7, 11) is 0. The summed E-state index contributed by atoms with van der Waals surface area (Å²) >= 11 is 0. The number of aryl methyl sites for hydroxylation is 1. The van der Waals surface area contributed by atoms with Gasteiger partial charge in [0.1, 0.15) is 24.3 Å². The minimum atomic E-state index is 0.00103. The topological polar surface area (TPSA) is 79.4 Å². The highest BCUT2D eigenvalue weighted by atomic mass is 15.2. The Morgan fingerprint density at radius 1 is 1.16 bits per heavy atom. The van der Waals surface area contributed by atoms with Gasteiger partial charge in [0.25, 0.3) is 0 Å². The Hall–Kier alpha value is -2.50. The molecule has 96 valence electrons. The van der Waals surface area contributed by atoms with E-state index in [0.29, 0.717) is 0 Å². The molecule has 0 radical (unpaired) electrons. The summed E-state index contributed by atoms with van der Waals surface area (Å²) in [6.45, 7) is 4.06. The molecule has 0 bridgehead atoms. The molecule has 0 spiro atoms. The van der Waals surface area contributed by atoms with Gasteiger partial charge in [0.15, 0.2) is 0 Å². The number of fused-ring (bicyclic) bond motifs is 1. The lowest BCUT2D eigenvalue weighted by Crippen LogP contribution is -2.10. The lowest BCUT2D eigenvalue weighted by Gasteiger charge is -2.13. The van der Waals surface area contributed by atoms with Crippen LogP contribution in [0.4, 0.5) is 5.82 Å². The maximum absolute atomic E-state index is 4.31. The summed E-state index contributed by atoms with van der Waals surface area (Å²) in [5.41, 5.74) is 2.10. The fraction of sp³-hybridized carbons (Fsp3) is 0.231. The van der Waals surface area contributed by atoms with Gasteiger partial charge in [0.05, 0.1) is 11.6 Å².